The molecule has 0 radical (unpaired) electrons. The second kappa shape index (κ2) is 7.77. The van der Waals surface area contributed by atoms with Gasteiger partial charge in [0.05, 0.1) is 4.90 Å². The first kappa shape index (κ1) is 18.9. The summed E-state index contributed by atoms with van der Waals surface area (Å²) in [4.78, 5) is 11.3. The number of carboxylic acid groups (broad SMARTS) is 1. The molecule has 0 spiro atoms. The normalized spacial score (nSPS) is 19.1. The molecule has 27 heavy (non-hydrogen) atoms. The van der Waals surface area contributed by atoms with Crippen LogP contribution in [-0.4, -0.2) is 38.0 Å². The van der Waals surface area contributed by atoms with Crippen LogP contribution in [0.5, 0.6) is 5.75 Å². The Bertz CT molecular complexity index is 1010. The van der Waals surface area contributed by atoms with E-state index in [9.17, 15) is 13.2 Å². The average molecular weight is 387 g/mol. The summed E-state index contributed by atoms with van der Waals surface area (Å²) in [5, 5.41) is 9.08. The van der Waals surface area contributed by atoms with Crippen LogP contribution in [0, 0.1) is 11.8 Å². The fourth-order valence-corrected chi connectivity index (χ4v) is 3.02. The van der Waals surface area contributed by atoms with Gasteiger partial charge in [-0.3, -0.25) is 4.79 Å². The number of benzene rings is 2. The minimum atomic E-state index is -3.28. The lowest BCUT2D eigenvalue weighted by Gasteiger charge is -2.16. The van der Waals surface area contributed by atoms with Crippen LogP contribution in [-0.2, 0) is 14.6 Å². The number of hydrazine groups is 2. The second-order valence-corrected chi connectivity index (χ2v) is 7.86. The molecule has 0 aliphatic carbocycles. The van der Waals surface area contributed by atoms with E-state index in [-0.39, 0.29) is 4.90 Å². The van der Waals surface area contributed by atoms with Gasteiger partial charge in [0.1, 0.15) is 5.75 Å². The summed E-state index contributed by atoms with van der Waals surface area (Å²) in [5.74, 6) is 5.31. The molecule has 4 N–H and O–H groups in total. The topological polar surface area (TPSA) is 117 Å². The molecule has 1 fully saturated rings. The Balaban J connectivity index is 1.70. The van der Waals surface area contributed by atoms with E-state index < -0.39 is 28.1 Å². The summed E-state index contributed by atoms with van der Waals surface area (Å²) in [6, 6.07) is 12.3. The molecule has 140 valence electrons. The van der Waals surface area contributed by atoms with Gasteiger partial charge in [-0.15, -0.1) is 0 Å². The highest BCUT2D eigenvalue weighted by molar-refractivity contribution is 7.90. The maximum Gasteiger partial charge on any atom is 0.327 e. The van der Waals surface area contributed by atoms with E-state index in [1.807, 2.05) is 0 Å². The number of hydrogen-bond donors (Lipinski definition) is 4. The Morgan fingerprint density at radius 1 is 1.07 bits per heavy atom. The van der Waals surface area contributed by atoms with Crippen LogP contribution in [0.15, 0.2) is 53.4 Å². The van der Waals surface area contributed by atoms with Crippen molar-refractivity contribution < 1.29 is 23.1 Å². The molecule has 0 saturated carbocycles. The number of hydrogen-bond acceptors (Lipinski definition) is 7. The van der Waals surface area contributed by atoms with Crippen LogP contribution in [0.3, 0.4) is 0 Å². The van der Waals surface area contributed by atoms with E-state index in [0.29, 0.717) is 16.9 Å². The summed E-state index contributed by atoms with van der Waals surface area (Å²) in [6.45, 7) is 0. The third-order valence-corrected chi connectivity index (χ3v) is 4.85. The van der Waals surface area contributed by atoms with Crippen LogP contribution >= 0.6 is 0 Å². The number of sulfone groups is 1. The van der Waals surface area contributed by atoms with Crippen LogP contribution < -0.4 is 21.1 Å². The van der Waals surface area contributed by atoms with Gasteiger partial charge in [0, 0.05) is 17.4 Å². The molecule has 2 atom stereocenters. The van der Waals surface area contributed by atoms with Crippen molar-refractivity contribution in [2.24, 2.45) is 0 Å². The lowest BCUT2D eigenvalue weighted by Crippen LogP contribution is -2.44. The lowest BCUT2D eigenvalue weighted by atomic mass is 10.2. The van der Waals surface area contributed by atoms with Crippen LogP contribution in [0.25, 0.3) is 0 Å². The molecule has 0 bridgehead atoms. The summed E-state index contributed by atoms with van der Waals surface area (Å²) >= 11 is 0. The third-order valence-electron chi connectivity index (χ3n) is 3.74. The summed E-state index contributed by atoms with van der Waals surface area (Å²) in [7, 11) is -3.28. The van der Waals surface area contributed by atoms with Gasteiger partial charge in [-0.2, -0.15) is 5.53 Å². The quantitative estimate of drug-likeness (QED) is 0.552. The highest BCUT2D eigenvalue weighted by Gasteiger charge is 2.34. The van der Waals surface area contributed by atoms with Gasteiger partial charge in [-0.25, -0.2) is 19.3 Å². The highest BCUT2D eigenvalue weighted by Crippen LogP contribution is 2.15. The molecule has 0 amide bonds. The number of rotatable bonds is 4. The van der Waals surface area contributed by atoms with Crippen molar-refractivity contribution >= 4 is 15.8 Å². The van der Waals surface area contributed by atoms with Crippen molar-refractivity contribution in [3.8, 4) is 17.6 Å². The minimum Gasteiger partial charge on any atom is -0.480 e. The number of aliphatic carboxylic acids is 1. The van der Waals surface area contributed by atoms with Crippen molar-refractivity contribution in [1.82, 2.24) is 16.4 Å². The van der Waals surface area contributed by atoms with Crippen LogP contribution in [0.4, 0.5) is 0 Å². The molecule has 1 aliphatic rings. The second-order valence-electron chi connectivity index (χ2n) is 5.84. The Kier molecular flexibility index (Phi) is 5.43. The van der Waals surface area contributed by atoms with Crippen molar-refractivity contribution in [2.45, 2.75) is 17.2 Å². The fraction of sp³-hybridized carbons (Fsp3) is 0.167. The van der Waals surface area contributed by atoms with Crippen molar-refractivity contribution in [2.75, 3.05) is 6.26 Å². The first-order chi connectivity index (χ1) is 12.8. The largest absolute Gasteiger partial charge is 0.480 e. The van der Waals surface area contributed by atoms with Crippen molar-refractivity contribution in [3.63, 3.8) is 0 Å². The maximum absolute atomic E-state index is 11.6. The van der Waals surface area contributed by atoms with Gasteiger partial charge in [0.25, 0.3) is 0 Å². The molecule has 2 unspecified atom stereocenters. The molecule has 8 nitrogen and oxygen atoms in total. The first-order valence-electron chi connectivity index (χ1n) is 7.91. The maximum atomic E-state index is 11.6. The number of carboxylic acids is 1. The Morgan fingerprint density at radius 2 is 1.78 bits per heavy atom. The Morgan fingerprint density at radius 3 is 2.44 bits per heavy atom. The Labute approximate surface area is 156 Å². The third kappa shape index (κ3) is 4.84. The number of carbonyl (C=O) groups is 1. The smallest absolute Gasteiger partial charge is 0.327 e. The molecule has 1 saturated heterocycles. The predicted octanol–water partition coefficient (Wildman–Crippen LogP) is 0.260. The summed E-state index contributed by atoms with van der Waals surface area (Å²) in [5.41, 5.74) is 9.03. The van der Waals surface area contributed by atoms with E-state index in [0.717, 1.165) is 6.26 Å². The zero-order valence-corrected chi connectivity index (χ0v) is 15.1. The number of nitrogens with one attached hydrogen (secondary N) is 3. The molecule has 1 heterocycles. The predicted molar refractivity (Wildman–Crippen MR) is 97.2 cm³/mol. The van der Waals surface area contributed by atoms with Gasteiger partial charge < -0.3 is 9.84 Å². The first-order valence-corrected chi connectivity index (χ1v) is 9.80. The molecular formula is C18H17N3O5S. The zero-order valence-electron chi connectivity index (χ0n) is 14.3. The standard InChI is InChI=1S/C18H17N3O5S/c1-27(24,25)15-4-2-3-13(11-15)6-5-12-7-9-14(10-8-12)26-17-16(18(22)23)19-21-20-17/h2-4,7-11,16-17,19-21H,1H3,(H,22,23). The van der Waals surface area contributed by atoms with E-state index in [1.165, 1.54) is 12.1 Å². The summed E-state index contributed by atoms with van der Waals surface area (Å²) < 4.78 is 28.8. The fourth-order valence-electron chi connectivity index (χ4n) is 2.35. The molecule has 9 heteroatoms. The van der Waals surface area contributed by atoms with E-state index in [1.54, 1.807) is 36.4 Å². The SMILES string of the molecule is CS(=O)(=O)c1cccc(C#Cc2ccc(OC3NNNC3C(=O)O)cc2)c1. The molecule has 2 aromatic carbocycles. The molecule has 3 rings (SSSR count). The van der Waals surface area contributed by atoms with E-state index >= 15 is 0 Å². The van der Waals surface area contributed by atoms with Gasteiger partial charge >= 0.3 is 5.97 Å². The monoisotopic (exact) mass is 387 g/mol. The van der Waals surface area contributed by atoms with E-state index in [4.69, 9.17) is 9.84 Å². The van der Waals surface area contributed by atoms with E-state index in [2.05, 4.69) is 28.2 Å². The van der Waals surface area contributed by atoms with Gasteiger partial charge in [0.2, 0.25) is 0 Å². The highest BCUT2D eigenvalue weighted by atomic mass is 32.2. The number of ether oxygens (including phenoxy) is 1. The zero-order chi connectivity index (χ0) is 19.4. The molecule has 1 aliphatic heterocycles. The van der Waals surface area contributed by atoms with Gasteiger partial charge in [-0.05, 0) is 42.5 Å². The molecular weight excluding hydrogens is 370 g/mol. The lowest BCUT2D eigenvalue weighted by molar-refractivity contribution is -0.141. The molecule has 0 aromatic heterocycles. The summed E-state index contributed by atoms with van der Waals surface area (Å²) in [6.07, 6.45) is 0.385. The van der Waals surface area contributed by atoms with Crippen LogP contribution in [0.1, 0.15) is 11.1 Å². The average Bonchev–Trinajstić information content (AvgIpc) is 3.09. The minimum absolute atomic E-state index is 0.220. The van der Waals surface area contributed by atoms with Gasteiger partial charge in [-0.1, -0.05) is 17.9 Å². The van der Waals surface area contributed by atoms with Gasteiger partial charge in [0.15, 0.2) is 22.1 Å². The van der Waals surface area contributed by atoms with Crippen molar-refractivity contribution in [3.05, 3.63) is 59.7 Å². The Hall–Kier alpha value is -2.90. The van der Waals surface area contributed by atoms with Crippen molar-refractivity contribution in [1.29, 1.82) is 0 Å². The van der Waals surface area contributed by atoms with Crippen LogP contribution in [0.2, 0.25) is 0 Å². The molecule has 2 aromatic rings.